The minimum atomic E-state index is -0.382. The number of rotatable bonds is 10. The highest BCUT2D eigenvalue weighted by Crippen LogP contribution is 2.12. The van der Waals surface area contributed by atoms with Gasteiger partial charge in [0.2, 0.25) is 11.8 Å². The van der Waals surface area contributed by atoms with Crippen molar-refractivity contribution in [3.8, 4) is 0 Å². The van der Waals surface area contributed by atoms with Crippen LogP contribution < -0.4 is 21.5 Å². The number of anilines is 2. The van der Waals surface area contributed by atoms with E-state index in [0.717, 1.165) is 11.1 Å². The Morgan fingerprint density at radius 2 is 0.875 bits per heavy atom. The van der Waals surface area contributed by atoms with Crippen molar-refractivity contribution in [3.05, 3.63) is 95.1 Å². The lowest BCUT2D eigenvalue weighted by Crippen LogP contribution is -2.19. The van der Waals surface area contributed by atoms with Crippen molar-refractivity contribution in [2.24, 2.45) is 22.0 Å². The van der Waals surface area contributed by atoms with Gasteiger partial charge in [0.25, 0.3) is 11.8 Å². The zero-order valence-electron chi connectivity index (χ0n) is 22.8. The molecule has 0 aliphatic heterocycles. The molecule has 0 bridgehead atoms. The molecular formula is C30H32N6O4. The van der Waals surface area contributed by atoms with E-state index in [2.05, 4.69) is 31.7 Å². The van der Waals surface area contributed by atoms with Gasteiger partial charge in [0.15, 0.2) is 0 Å². The molecule has 0 saturated heterocycles. The van der Waals surface area contributed by atoms with E-state index in [0.29, 0.717) is 22.5 Å². The lowest BCUT2D eigenvalue weighted by atomic mass is 10.1. The Bertz CT molecular complexity index is 1290. The molecule has 4 amide bonds. The van der Waals surface area contributed by atoms with Crippen LogP contribution in [0.4, 0.5) is 11.4 Å². The van der Waals surface area contributed by atoms with Crippen LogP contribution in [-0.2, 0) is 9.59 Å². The van der Waals surface area contributed by atoms with Gasteiger partial charge in [0.05, 0.1) is 12.4 Å². The summed E-state index contributed by atoms with van der Waals surface area (Å²) in [6.45, 7) is 7.21. The van der Waals surface area contributed by atoms with E-state index in [1.54, 1.807) is 100 Å². The Balaban J connectivity index is 1.46. The third-order valence-electron chi connectivity index (χ3n) is 5.57. The normalized spacial score (nSPS) is 11.2. The van der Waals surface area contributed by atoms with Crippen molar-refractivity contribution in [2.45, 2.75) is 27.7 Å². The second-order valence-electron chi connectivity index (χ2n) is 9.51. The standard InChI is InChI=1S/C30H32N6O4/c1-19(2)27(37)33-25-13-9-23(10-14-25)29(39)35-31-17-21-5-7-22(8-6-21)18-32-36-30(40)24-11-15-26(16-12-24)34-28(38)20(3)4/h5-20H,1-4H3,(H,33,37)(H,34,38)(H,35,39)(H,36,40)/b31-17+,32-18+. The molecule has 206 valence electrons. The maximum absolute atomic E-state index is 12.3. The van der Waals surface area contributed by atoms with Crippen molar-refractivity contribution in [1.82, 2.24) is 10.9 Å². The Labute approximate surface area is 233 Å². The molecule has 10 heteroatoms. The smallest absolute Gasteiger partial charge is 0.271 e. The minimum Gasteiger partial charge on any atom is -0.326 e. The van der Waals surface area contributed by atoms with Gasteiger partial charge < -0.3 is 10.6 Å². The number of carbonyl (C=O) groups is 4. The fourth-order valence-electron chi connectivity index (χ4n) is 3.11. The summed E-state index contributed by atoms with van der Waals surface area (Å²) in [6.07, 6.45) is 3.01. The molecule has 10 nitrogen and oxygen atoms in total. The third kappa shape index (κ3) is 9.02. The van der Waals surface area contributed by atoms with Crippen LogP contribution in [0, 0.1) is 11.8 Å². The molecule has 0 radical (unpaired) electrons. The number of carbonyl (C=O) groups excluding carboxylic acids is 4. The molecule has 40 heavy (non-hydrogen) atoms. The van der Waals surface area contributed by atoms with E-state index >= 15 is 0 Å². The highest BCUT2D eigenvalue weighted by molar-refractivity contribution is 5.97. The molecule has 0 heterocycles. The quantitative estimate of drug-likeness (QED) is 0.223. The van der Waals surface area contributed by atoms with Crippen molar-refractivity contribution >= 4 is 47.4 Å². The van der Waals surface area contributed by atoms with Gasteiger partial charge in [0.1, 0.15) is 0 Å². The van der Waals surface area contributed by atoms with Crippen LogP contribution in [0.5, 0.6) is 0 Å². The Kier molecular flexibility index (Phi) is 10.4. The summed E-state index contributed by atoms with van der Waals surface area (Å²) in [5.74, 6) is -1.23. The largest absolute Gasteiger partial charge is 0.326 e. The summed E-state index contributed by atoms with van der Waals surface area (Å²) >= 11 is 0. The summed E-state index contributed by atoms with van der Waals surface area (Å²) in [4.78, 5) is 48.2. The number of hydrogen-bond donors (Lipinski definition) is 4. The predicted molar refractivity (Wildman–Crippen MR) is 156 cm³/mol. The Morgan fingerprint density at radius 3 is 1.18 bits per heavy atom. The molecule has 0 aliphatic rings. The fraction of sp³-hybridized carbons (Fsp3) is 0.200. The maximum atomic E-state index is 12.3. The Morgan fingerprint density at radius 1 is 0.550 bits per heavy atom. The first-order valence-electron chi connectivity index (χ1n) is 12.7. The van der Waals surface area contributed by atoms with Crippen LogP contribution in [0.15, 0.2) is 83.0 Å². The average molecular weight is 541 g/mol. The van der Waals surface area contributed by atoms with Gasteiger partial charge in [-0.1, -0.05) is 52.0 Å². The van der Waals surface area contributed by atoms with Crippen molar-refractivity contribution in [1.29, 1.82) is 0 Å². The summed E-state index contributed by atoms with van der Waals surface area (Å²) in [7, 11) is 0. The lowest BCUT2D eigenvalue weighted by molar-refractivity contribution is -0.119. The summed E-state index contributed by atoms with van der Waals surface area (Å²) in [5.41, 5.74) is 8.47. The summed E-state index contributed by atoms with van der Waals surface area (Å²) in [5, 5.41) is 13.5. The van der Waals surface area contributed by atoms with Gasteiger partial charge in [-0.2, -0.15) is 10.2 Å². The average Bonchev–Trinajstić information content (AvgIpc) is 2.94. The van der Waals surface area contributed by atoms with E-state index < -0.39 is 0 Å². The summed E-state index contributed by atoms with van der Waals surface area (Å²) in [6, 6.07) is 20.2. The molecule has 3 aromatic rings. The monoisotopic (exact) mass is 540 g/mol. The van der Waals surface area contributed by atoms with Gasteiger partial charge in [-0.25, -0.2) is 10.9 Å². The number of nitrogens with one attached hydrogen (secondary N) is 4. The fourth-order valence-corrected chi connectivity index (χ4v) is 3.11. The predicted octanol–water partition coefficient (Wildman–Crippen LogP) is 4.40. The zero-order chi connectivity index (χ0) is 29.1. The van der Waals surface area contributed by atoms with Crippen molar-refractivity contribution in [3.63, 3.8) is 0 Å². The zero-order valence-corrected chi connectivity index (χ0v) is 22.8. The molecule has 0 atom stereocenters. The number of hydrazone groups is 2. The van der Waals surface area contributed by atoms with Gasteiger partial charge in [-0.15, -0.1) is 0 Å². The molecule has 0 saturated carbocycles. The van der Waals surface area contributed by atoms with Crippen LogP contribution in [0.1, 0.15) is 59.5 Å². The van der Waals surface area contributed by atoms with Crippen LogP contribution in [0.2, 0.25) is 0 Å². The highest BCUT2D eigenvalue weighted by atomic mass is 16.2. The molecular weight excluding hydrogens is 508 g/mol. The molecule has 0 fully saturated rings. The lowest BCUT2D eigenvalue weighted by Gasteiger charge is -2.08. The molecule has 4 N–H and O–H groups in total. The van der Waals surface area contributed by atoms with Crippen LogP contribution in [-0.4, -0.2) is 36.1 Å². The highest BCUT2D eigenvalue weighted by Gasteiger charge is 2.10. The van der Waals surface area contributed by atoms with Gasteiger partial charge in [-0.05, 0) is 59.7 Å². The second kappa shape index (κ2) is 14.1. The van der Waals surface area contributed by atoms with Gasteiger partial charge in [0, 0.05) is 34.3 Å². The molecule has 0 aromatic heterocycles. The SMILES string of the molecule is CC(C)C(=O)Nc1ccc(C(=O)N/N=C/c2ccc(/C=N/NC(=O)c3ccc(NC(=O)C(C)C)cc3)cc2)cc1. The van der Waals surface area contributed by atoms with E-state index in [-0.39, 0.29) is 35.5 Å². The third-order valence-corrected chi connectivity index (χ3v) is 5.57. The minimum absolute atomic E-state index is 0.0969. The molecule has 3 aromatic carbocycles. The molecule has 0 spiro atoms. The number of amides is 4. The first-order valence-corrected chi connectivity index (χ1v) is 12.7. The molecule has 0 aliphatic carbocycles. The van der Waals surface area contributed by atoms with E-state index in [1.165, 1.54) is 12.4 Å². The number of benzene rings is 3. The maximum Gasteiger partial charge on any atom is 0.271 e. The number of nitrogens with zero attached hydrogens (tertiary/aromatic N) is 2. The van der Waals surface area contributed by atoms with E-state index in [9.17, 15) is 19.2 Å². The van der Waals surface area contributed by atoms with Crippen molar-refractivity contribution in [2.75, 3.05) is 10.6 Å². The van der Waals surface area contributed by atoms with Crippen LogP contribution in [0.3, 0.4) is 0 Å². The van der Waals surface area contributed by atoms with Gasteiger partial charge >= 0.3 is 0 Å². The summed E-state index contributed by atoms with van der Waals surface area (Å²) < 4.78 is 0. The molecule has 0 unspecified atom stereocenters. The van der Waals surface area contributed by atoms with Gasteiger partial charge in [-0.3, -0.25) is 19.2 Å². The molecule has 3 rings (SSSR count). The first-order chi connectivity index (χ1) is 19.1. The first kappa shape index (κ1) is 29.4. The van der Waals surface area contributed by atoms with E-state index in [4.69, 9.17) is 0 Å². The number of hydrogen-bond acceptors (Lipinski definition) is 6. The van der Waals surface area contributed by atoms with Crippen molar-refractivity contribution < 1.29 is 19.2 Å². The Hall–Kier alpha value is -5.12. The van der Waals surface area contributed by atoms with E-state index in [1.807, 2.05) is 0 Å². The van der Waals surface area contributed by atoms with Crippen LogP contribution in [0.25, 0.3) is 0 Å². The van der Waals surface area contributed by atoms with Crippen LogP contribution >= 0.6 is 0 Å². The second-order valence-corrected chi connectivity index (χ2v) is 9.51. The topological polar surface area (TPSA) is 141 Å².